The number of likely N-dealkylation sites (tertiary alicyclic amines) is 1. The summed E-state index contributed by atoms with van der Waals surface area (Å²) in [6.07, 6.45) is 2.51. The van der Waals surface area contributed by atoms with E-state index in [0.29, 0.717) is 17.9 Å². The maximum absolute atomic E-state index is 14.5. The average Bonchev–Trinajstić information content (AvgIpc) is 3.53. The third-order valence-corrected chi connectivity index (χ3v) is 7.95. The van der Waals surface area contributed by atoms with Crippen LogP contribution in [0, 0.1) is 11.7 Å². The highest BCUT2D eigenvalue weighted by Gasteiger charge is 2.32. The van der Waals surface area contributed by atoms with Crippen LogP contribution in [0.2, 0.25) is 0 Å². The van der Waals surface area contributed by atoms with Gasteiger partial charge in [-0.15, -0.1) is 11.3 Å². The number of rotatable bonds is 7. The predicted molar refractivity (Wildman–Crippen MR) is 137 cm³/mol. The normalized spacial score (nSPS) is 16.1. The molecule has 0 saturated carbocycles. The molecule has 0 unspecified atom stereocenters. The number of benzene rings is 2. The maximum atomic E-state index is 14.5. The molecule has 0 radical (unpaired) electrons. The molecule has 1 amide bonds. The van der Waals surface area contributed by atoms with Crippen molar-refractivity contribution in [2.24, 2.45) is 5.92 Å². The van der Waals surface area contributed by atoms with Crippen molar-refractivity contribution in [2.75, 3.05) is 20.1 Å². The van der Waals surface area contributed by atoms with E-state index in [0.717, 1.165) is 37.4 Å². The summed E-state index contributed by atoms with van der Waals surface area (Å²) in [4.78, 5) is 21.8. The molecule has 4 nitrogen and oxygen atoms in total. The molecule has 0 spiro atoms. The lowest BCUT2D eigenvalue weighted by molar-refractivity contribution is 0.0587. The summed E-state index contributed by atoms with van der Waals surface area (Å²) in [6, 6.07) is 21.3. The van der Waals surface area contributed by atoms with Crippen LogP contribution in [0.15, 0.2) is 72.1 Å². The number of hydrogen-bond donors (Lipinski definition) is 1. The van der Waals surface area contributed by atoms with Crippen LogP contribution in [-0.4, -0.2) is 46.9 Å². The Balaban J connectivity index is 1.29. The highest BCUT2D eigenvalue weighted by Crippen LogP contribution is 2.29. The minimum absolute atomic E-state index is 0.0249. The fourth-order valence-electron chi connectivity index (χ4n) is 5.19. The van der Waals surface area contributed by atoms with E-state index in [1.54, 1.807) is 6.07 Å². The van der Waals surface area contributed by atoms with Gasteiger partial charge in [0.2, 0.25) is 0 Å². The molecular weight excluding hydrogens is 445 g/mol. The third-order valence-electron chi connectivity index (χ3n) is 7.09. The van der Waals surface area contributed by atoms with Gasteiger partial charge in [-0.2, -0.15) is 0 Å². The lowest BCUT2D eigenvalue weighted by Crippen LogP contribution is -2.47. The highest BCUT2D eigenvalue weighted by atomic mass is 32.1. The number of halogens is 1. The third kappa shape index (κ3) is 4.93. The molecule has 2 aromatic carbocycles. The number of para-hydroxylation sites is 1. The number of amides is 1. The van der Waals surface area contributed by atoms with Gasteiger partial charge in [0, 0.05) is 30.8 Å². The fourth-order valence-corrected chi connectivity index (χ4v) is 5.89. The zero-order valence-corrected chi connectivity index (χ0v) is 20.2. The number of aromatic amines is 1. The molecule has 176 valence electrons. The smallest absolute Gasteiger partial charge is 0.263 e. The van der Waals surface area contributed by atoms with Gasteiger partial charge in [-0.1, -0.05) is 42.5 Å². The van der Waals surface area contributed by atoms with Crippen LogP contribution in [-0.2, 0) is 13.0 Å². The average molecular weight is 476 g/mol. The Labute approximate surface area is 204 Å². The standard InChI is InChI=1S/C28H30FN3OS/c1-31(28(33)27-11-6-16-34-27)26(18-21-7-2-4-9-24(21)29)20-12-14-32(15-13-20)19-23-17-22-8-3-5-10-25(22)30-23/h2-11,16-17,20,26,30H,12-15,18-19H2,1H3/t26-/m0/s1. The number of nitrogens with zero attached hydrogens (tertiary/aromatic N) is 2. The molecule has 1 aliphatic heterocycles. The molecule has 1 atom stereocenters. The molecule has 1 saturated heterocycles. The number of nitrogens with one attached hydrogen (secondary N) is 1. The van der Waals surface area contributed by atoms with E-state index in [9.17, 15) is 9.18 Å². The topological polar surface area (TPSA) is 39.3 Å². The summed E-state index contributed by atoms with van der Waals surface area (Å²) in [5.41, 5.74) is 3.08. The number of carbonyl (C=O) groups is 1. The number of fused-ring (bicyclic) bond motifs is 1. The van der Waals surface area contributed by atoms with Crippen LogP contribution in [0.4, 0.5) is 4.39 Å². The van der Waals surface area contributed by atoms with Crippen molar-refractivity contribution in [1.29, 1.82) is 0 Å². The first-order valence-electron chi connectivity index (χ1n) is 11.9. The van der Waals surface area contributed by atoms with E-state index < -0.39 is 0 Å². The van der Waals surface area contributed by atoms with E-state index in [4.69, 9.17) is 0 Å². The van der Waals surface area contributed by atoms with Crippen molar-refractivity contribution in [1.82, 2.24) is 14.8 Å². The molecule has 0 aliphatic carbocycles. The number of piperidine rings is 1. The van der Waals surface area contributed by atoms with Crippen LogP contribution in [0.25, 0.3) is 10.9 Å². The molecule has 3 heterocycles. The van der Waals surface area contributed by atoms with Gasteiger partial charge in [-0.3, -0.25) is 9.69 Å². The van der Waals surface area contributed by atoms with Gasteiger partial charge in [-0.25, -0.2) is 4.39 Å². The lowest BCUT2D eigenvalue weighted by atomic mass is 9.84. The Kier molecular flexibility index (Phi) is 6.79. The zero-order valence-electron chi connectivity index (χ0n) is 19.4. The minimum atomic E-state index is -0.194. The number of aromatic nitrogens is 1. The van der Waals surface area contributed by atoms with Crippen LogP contribution >= 0.6 is 11.3 Å². The first kappa shape index (κ1) is 22.8. The van der Waals surface area contributed by atoms with E-state index >= 15 is 0 Å². The molecule has 4 aromatic rings. The largest absolute Gasteiger partial charge is 0.357 e. The molecule has 1 N–H and O–H groups in total. The quantitative estimate of drug-likeness (QED) is 0.358. The summed E-state index contributed by atoms with van der Waals surface area (Å²) in [7, 11) is 1.88. The van der Waals surface area contributed by atoms with E-state index in [1.165, 1.54) is 34.0 Å². The second kappa shape index (κ2) is 10.1. The van der Waals surface area contributed by atoms with Gasteiger partial charge in [-0.05, 0) is 78.9 Å². The number of H-pyrrole nitrogens is 1. The summed E-state index contributed by atoms with van der Waals surface area (Å²) >= 11 is 1.46. The van der Waals surface area contributed by atoms with Gasteiger partial charge in [0.25, 0.3) is 5.91 Å². The van der Waals surface area contributed by atoms with Crippen molar-refractivity contribution >= 4 is 28.1 Å². The number of hydrogen-bond acceptors (Lipinski definition) is 3. The Morgan fingerprint density at radius 3 is 2.62 bits per heavy atom. The molecule has 1 fully saturated rings. The summed E-state index contributed by atoms with van der Waals surface area (Å²) in [5, 5.41) is 3.17. The second-order valence-electron chi connectivity index (χ2n) is 9.25. The van der Waals surface area contributed by atoms with Gasteiger partial charge in [0.1, 0.15) is 5.82 Å². The molecule has 6 heteroatoms. The van der Waals surface area contributed by atoms with Gasteiger partial charge in [0.05, 0.1) is 4.88 Å². The zero-order chi connectivity index (χ0) is 23.5. The SMILES string of the molecule is CN(C(=O)c1cccs1)[C@@H](Cc1ccccc1F)C1CCN(Cc2cc3ccccc3[nH]2)CC1. The Morgan fingerprint density at radius 1 is 1.12 bits per heavy atom. The molecule has 1 aliphatic rings. The van der Waals surface area contributed by atoms with Crippen LogP contribution in [0.1, 0.15) is 33.8 Å². The second-order valence-corrected chi connectivity index (χ2v) is 10.2. The molecule has 0 bridgehead atoms. The van der Waals surface area contributed by atoms with Crippen molar-refractivity contribution in [3.8, 4) is 0 Å². The van der Waals surface area contributed by atoms with Crippen molar-refractivity contribution in [2.45, 2.75) is 31.8 Å². The Hall–Kier alpha value is -2.96. The highest BCUT2D eigenvalue weighted by molar-refractivity contribution is 7.12. The van der Waals surface area contributed by atoms with Crippen molar-refractivity contribution in [3.05, 3.63) is 94.1 Å². The summed E-state index contributed by atoms with van der Waals surface area (Å²) in [5.74, 6) is 0.157. The van der Waals surface area contributed by atoms with Gasteiger partial charge in [0.15, 0.2) is 0 Å². The van der Waals surface area contributed by atoms with Crippen molar-refractivity contribution in [3.63, 3.8) is 0 Å². The monoisotopic (exact) mass is 475 g/mol. The molecular formula is C28H30FN3OS. The van der Waals surface area contributed by atoms with Crippen LogP contribution in [0.5, 0.6) is 0 Å². The van der Waals surface area contributed by atoms with Gasteiger partial charge >= 0.3 is 0 Å². The van der Waals surface area contributed by atoms with Crippen molar-refractivity contribution < 1.29 is 9.18 Å². The number of likely N-dealkylation sites (N-methyl/N-ethyl adjacent to an activating group) is 1. The summed E-state index contributed by atoms with van der Waals surface area (Å²) < 4.78 is 14.5. The Morgan fingerprint density at radius 2 is 1.88 bits per heavy atom. The minimum Gasteiger partial charge on any atom is -0.357 e. The summed E-state index contributed by atoms with van der Waals surface area (Å²) in [6.45, 7) is 2.83. The first-order valence-corrected chi connectivity index (χ1v) is 12.8. The lowest BCUT2D eigenvalue weighted by Gasteiger charge is -2.40. The Bertz CT molecular complexity index is 1210. The van der Waals surface area contributed by atoms with E-state index in [2.05, 4.69) is 40.2 Å². The molecule has 34 heavy (non-hydrogen) atoms. The van der Waals surface area contributed by atoms with Gasteiger partial charge < -0.3 is 9.88 Å². The fraction of sp³-hybridized carbons (Fsp3) is 0.321. The molecule has 5 rings (SSSR count). The molecule has 2 aromatic heterocycles. The number of carbonyl (C=O) groups excluding carboxylic acids is 1. The van der Waals surface area contributed by atoms with E-state index in [1.807, 2.05) is 41.6 Å². The number of thiophene rings is 1. The van der Waals surface area contributed by atoms with Crippen LogP contribution < -0.4 is 0 Å². The maximum Gasteiger partial charge on any atom is 0.263 e. The van der Waals surface area contributed by atoms with E-state index in [-0.39, 0.29) is 17.8 Å². The predicted octanol–water partition coefficient (Wildman–Crippen LogP) is 5.96. The van der Waals surface area contributed by atoms with Crippen LogP contribution in [0.3, 0.4) is 0 Å². The first-order chi connectivity index (χ1) is 16.6.